The lowest BCUT2D eigenvalue weighted by atomic mass is 9.95. The van der Waals surface area contributed by atoms with Gasteiger partial charge >= 0.3 is 0 Å². The summed E-state index contributed by atoms with van der Waals surface area (Å²) in [6.45, 7) is 3.56. The predicted molar refractivity (Wildman–Crippen MR) is 83.8 cm³/mol. The average Bonchev–Trinajstić information content (AvgIpc) is 3.15. The van der Waals surface area contributed by atoms with Gasteiger partial charge in [-0.3, -0.25) is 0 Å². The van der Waals surface area contributed by atoms with Crippen molar-refractivity contribution in [3.8, 4) is 0 Å². The smallest absolute Gasteiger partial charge is 0.0138 e. The minimum atomic E-state index is 0.815. The van der Waals surface area contributed by atoms with Gasteiger partial charge in [-0.1, -0.05) is 31.5 Å². The average molecular weight is 275 g/mol. The van der Waals surface area contributed by atoms with Crippen LogP contribution in [0, 0.1) is 5.92 Å². The van der Waals surface area contributed by atoms with E-state index in [0.29, 0.717) is 0 Å². The molecule has 1 aromatic carbocycles. The Bertz CT molecular complexity index is 388. The molecule has 19 heavy (non-hydrogen) atoms. The summed E-state index contributed by atoms with van der Waals surface area (Å²) in [6, 6.07) is 9.80. The standard InChI is InChI=1S/C17H25NS/c1-2-5-13(12-18-15-8-9-15)10-16-11-14-6-3-4-7-17(14)19-16/h3-4,6-7,13,15-16,18H,2,5,8-12H2,1H3. The summed E-state index contributed by atoms with van der Waals surface area (Å²) in [7, 11) is 0. The van der Waals surface area contributed by atoms with Crippen molar-refractivity contribution in [1.29, 1.82) is 0 Å². The minimum Gasteiger partial charge on any atom is -0.314 e. The summed E-state index contributed by atoms with van der Waals surface area (Å²) in [5, 5.41) is 4.54. The van der Waals surface area contributed by atoms with E-state index in [4.69, 9.17) is 0 Å². The Morgan fingerprint density at radius 2 is 2.16 bits per heavy atom. The highest BCUT2D eigenvalue weighted by Crippen LogP contribution is 2.40. The Morgan fingerprint density at radius 1 is 1.32 bits per heavy atom. The molecule has 2 heteroatoms. The van der Waals surface area contributed by atoms with E-state index in [2.05, 4.69) is 48.3 Å². The van der Waals surface area contributed by atoms with Crippen molar-refractivity contribution in [3.05, 3.63) is 29.8 Å². The minimum absolute atomic E-state index is 0.815. The van der Waals surface area contributed by atoms with Gasteiger partial charge in [-0.15, -0.1) is 11.8 Å². The van der Waals surface area contributed by atoms with E-state index in [1.165, 1.54) is 50.0 Å². The summed E-state index contributed by atoms with van der Waals surface area (Å²) in [5.41, 5.74) is 1.57. The van der Waals surface area contributed by atoms with Gasteiger partial charge in [0.2, 0.25) is 0 Å². The van der Waals surface area contributed by atoms with Gasteiger partial charge in [-0.2, -0.15) is 0 Å². The van der Waals surface area contributed by atoms with Crippen molar-refractivity contribution in [2.45, 2.75) is 61.6 Å². The van der Waals surface area contributed by atoms with Gasteiger partial charge in [-0.05, 0) is 56.2 Å². The zero-order valence-electron chi connectivity index (χ0n) is 11.9. The predicted octanol–water partition coefficient (Wildman–Crippen LogP) is 4.26. The van der Waals surface area contributed by atoms with Crippen molar-refractivity contribution in [1.82, 2.24) is 5.32 Å². The molecular weight excluding hydrogens is 250 g/mol. The van der Waals surface area contributed by atoms with Gasteiger partial charge < -0.3 is 5.32 Å². The summed E-state index contributed by atoms with van der Waals surface area (Å²) < 4.78 is 0. The van der Waals surface area contributed by atoms with Gasteiger partial charge in [0.15, 0.2) is 0 Å². The molecule has 2 unspecified atom stereocenters. The highest BCUT2D eigenvalue weighted by molar-refractivity contribution is 8.00. The van der Waals surface area contributed by atoms with E-state index < -0.39 is 0 Å². The van der Waals surface area contributed by atoms with Gasteiger partial charge in [0, 0.05) is 16.2 Å². The molecular formula is C17H25NS. The SMILES string of the molecule is CCCC(CNC1CC1)CC1Cc2ccccc2S1. The normalized spacial score (nSPS) is 23.3. The first-order valence-electron chi connectivity index (χ1n) is 7.83. The lowest BCUT2D eigenvalue weighted by Crippen LogP contribution is -2.26. The second-order valence-corrected chi connectivity index (χ2v) is 7.47. The van der Waals surface area contributed by atoms with Crippen LogP contribution in [0.15, 0.2) is 29.2 Å². The number of fused-ring (bicyclic) bond motifs is 1. The quantitative estimate of drug-likeness (QED) is 0.798. The number of hydrogen-bond acceptors (Lipinski definition) is 2. The van der Waals surface area contributed by atoms with E-state index in [1.807, 2.05) is 0 Å². The lowest BCUT2D eigenvalue weighted by molar-refractivity contribution is 0.408. The number of benzene rings is 1. The van der Waals surface area contributed by atoms with Crippen LogP contribution in [0.2, 0.25) is 0 Å². The Labute approximate surface area is 121 Å². The third-order valence-corrected chi connectivity index (χ3v) is 5.62. The first-order chi connectivity index (χ1) is 9.35. The molecule has 1 N–H and O–H groups in total. The van der Waals surface area contributed by atoms with Crippen LogP contribution >= 0.6 is 11.8 Å². The van der Waals surface area contributed by atoms with Crippen molar-refractivity contribution >= 4 is 11.8 Å². The molecule has 1 aromatic rings. The van der Waals surface area contributed by atoms with Gasteiger partial charge in [-0.25, -0.2) is 0 Å². The fraction of sp³-hybridized carbons (Fsp3) is 0.647. The summed E-state index contributed by atoms with van der Waals surface area (Å²) in [6.07, 6.45) is 8.18. The first-order valence-corrected chi connectivity index (χ1v) is 8.71. The second kappa shape index (κ2) is 6.32. The molecule has 2 aliphatic rings. The Balaban J connectivity index is 1.51. The Morgan fingerprint density at radius 3 is 2.89 bits per heavy atom. The molecule has 1 fully saturated rings. The molecule has 0 spiro atoms. The van der Waals surface area contributed by atoms with Crippen molar-refractivity contribution in [3.63, 3.8) is 0 Å². The molecule has 0 radical (unpaired) electrons. The van der Waals surface area contributed by atoms with Crippen molar-refractivity contribution < 1.29 is 0 Å². The van der Waals surface area contributed by atoms with Gasteiger partial charge in [0.1, 0.15) is 0 Å². The van der Waals surface area contributed by atoms with Crippen LogP contribution in [0.4, 0.5) is 0 Å². The highest BCUT2D eigenvalue weighted by Gasteiger charge is 2.26. The maximum Gasteiger partial charge on any atom is 0.0138 e. The molecule has 104 valence electrons. The molecule has 0 amide bonds. The molecule has 1 aliphatic carbocycles. The van der Waals surface area contributed by atoms with Crippen LogP contribution in [-0.2, 0) is 6.42 Å². The summed E-state index contributed by atoms with van der Waals surface area (Å²) in [5.74, 6) is 0.873. The van der Waals surface area contributed by atoms with Crippen LogP contribution in [0.1, 0.15) is 44.6 Å². The highest BCUT2D eigenvalue weighted by atomic mass is 32.2. The largest absolute Gasteiger partial charge is 0.314 e. The summed E-state index contributed by atoms with van der Waals surface area (Å²) in [4.78, 5) is 1.53. The number of hydrogen-bond donors (Lipinski definition) is 1. The van der Waals surface area contributed by atoms with Crippen molar-refractivity contribution in [2.24, 2.45) is 5.92 Å². The molecule has 0 saturated heterocycles. The zero-order valence-corrected chi connectivity index (χ0v) is 12.7. The summed E-state index contributed by atoms with van der Waals surface area (Å²) >= 11 is 2.11. The fourth-order valence-corrected chi connectivity index (χ4v) is 4.54. The van der Waals surface area contributed by atoms with E-state index >= 15 is 0 Å². The third-order valence-electron chi connectivity index (χ3n) is 4.28. The van der Waals surface area contributed by atoms with E-state index in [1.54, 1.807) is 5.56 Å². The molecule has 2 atom stereocenters. The molecule has 1 nitrogen and oxygen atoms in total. The molecule has 1 heterocycles. The van der Waals surface area contributed by atoms with Gasteiger partial charge in [0.25, 0.3) is 0 Å². The van der Waals surface area contributed by atoms with Crippen LogP contribution < -0.4 is 5.32 Å². The van der Waals surface area contributed by atoms with E-state index in [9.17, 15) is 0 Å². The van der Waals surface area contributed by atoms with E-state index in [-0.39, 0.29) is 0 Å². The third kappa shape index (κ3) is 3.76. The van der Waals surface area contributed by atoms with Crippen LogP contribution in [-0.4, -0.2) is 17.8 Å². The van der Waals surface area contributed by atoms with Crippen LogP contribution in [0.25, 0.3) is 0 Å². The molecule has 0 bridgehead atoms. The maximum absolute atomic E-state index is 3.73. The second-order valence-electron chi connectivity index (χ2n) is 6.12. The van der Waals surface area contributed by atoms with Crippen LogP contribution in [0.5, 0.6) is 0 Å². The monoisotopic (exact) mass is 275 g/mol. The van der Waals surface area contributed by atoms with Gasteiger partial charge in [0.05, 0.1) is 0 Å². The number of nitrogens with one attached hydrogen (secondary N) is 1. The number of rotatable bonds is 7. The van der Waals surface area contributed by atoms with E-state index in [0.717, 1.165) is 17.2 Å². The molecule has 1 saturated carbocycles. The molecule has 0 aromatic heterocycles. The first kappa shape index (κ1) is 13.5. The Hall–Kier alpha value is -0.470. The zero-order chi connectivity index (χ0) is 13.1. The fourth-order valence-electron chi connectivity index (χ4n) is 3.09. The molecule has 1 aliphatic heterocycles. The lowest BCUT2D eigenvalue weighted by Gasteiger charge is -2.20. The molecule has 3 rings (SSSR count). The topological polar surface area (TPSA) is 12.0 Å². The number of thioether (sulfide) groups is 1. The van der Waals surface area contributed by atoms with Crippen LogP contribution in [0.3, 0.4) is 0 Å². The maximum atomic E-state index is 3.73. The Kier molecular flexibility index (Phi) is 4.49. The van der Waals surface area contributed by atoms with Crippen molar-refractivity contribution in [2.75, 3.05) is 6.54 Å².